The van der Waals surface area contributed by atoms with Crippen LogP contribution >= 0.6 is 0 Å². The third kappa shape index (κ3) is 12.7. The summed E-state index contributed by atoms with van der Waals surface area (Å²) in [5.74, 6) is -2.99. The molecule has 0 fully saturated rings. The van der Waals surface area contributed by atoms with Gasteiger partial charge in [-0.2, -0.15) is 5.26 Å². The van der Waals surface area contributed by atoms with Crippen molar-refractivity contribution in [2.24, 2.45) is 29.0 Å². The maximum atomic E-state index is 14.8. The number of hydrogen-bond acceptors (Lipinski definition) is 12. The van der Waals surface area contributed by atoms with Gasteiger partial charge in [0.1, 0.15) is 30.8 Å². The molecule has 1 aliphatic rings. The van der Waals surface area contributed by atoms with Gasteiger partial charge >= 0.3 is 0 Å². The van der Waals surface area contributed by atoms with Gasteiger partial charge in [0.15, 0.2) is 17.3 Å². The van der Waals surface area contributed by atoms with E-state index >= 15 is 0 Å². The number of nitriles is 1. The van der Waals surface area contributed by atoms with Crippen molar-refractivity contribution in [2.45, 2.75) is 97.6 Å². The summed E-state index contributed by atoms with van der Waals surface area (Å²) >= 11 is 0. The number of unbranched alkanes of at least 4 members (excludes halogenated alkanes) is 1. The number of likely N-dealkylation sites (N-methyl/N-ethyl adjacent to an activating group) is 1. The van der Waals surface area contributed by atoms with Gasteiger partial charge in [-0.15, -0.1) is 0 Å². The Hall–Kier alpha value is -6.27. The normalized spacial score (nSPS) is 16.6. The Bertz CT molecular complexity index is 2390. The molecule has 0 spiro atoms. The second-order valence-corrected chi connectivity index (χ2v) is 17.2. The number of hydrogen-bond donors (Lipinski definition) is 4. The topological polar surface area (TPSA) is 234 Å². The molecule has 2 amide bonds. The lowest BCUT2D eigenvalue weighted by atomic mass is 9.87. The predicted molar refractivity (Wildman–Crippen MR) is 255 cm³/mol. The quantitative estimate of drug-likeness (QED) is 0.0716. The number of fused-ring (bicyclic) bond motifs is 5. The van der Waals surface area contributed by atoms with Crippen molar-refractivity contribution in [3.63, 3.8) is 0 Å². The van der Waals surface area contributed by atoms with E-state index in [1.807, 2.05) is 37.3 Å². The Kier molecular flexibility index (Phi) is 18.7. The van der Waals surface area contributed by atoms with Crippen LogP contribution < -0.4 is 32.0 Å². The van der Waals surface area contributed by atoms with Crippen LogP contribution in [0.3, 0.4) is 0 Å². The zero-order chi connectivity index (χ0) is 47.9. The van der Waals surface area contributed by atoms with E-state index in [9.17, 15) is 29.2 Å². The summed E-state index contributed by atoms with van der Waals surface area (Å²) in [6.07, 6.45) is 2.93. The fourth-order valence-corrected chi connectivity index (χ4v) is 8.59. The Morgan fingerprint density at radius 2 is 1.58 bits per heavy atom. The first kappa shape index (κ1) is 50.7. The summed E-state index contributed by atoms with van der Waals surface area (Å²) < 4.78 is 12.3. The highest BCUT2D eigenvalue weighted by molar-refractivity contribution is 6.02. The molecule has 4 atom stereocenters. The van der Waals surface area contributed by atoms with Crippen molar-refractivity contribution in [1.29, 1.82) is 5.26 Å². The Morgan fingerprint density at radius 3 is 2.20 bits per heavy atom. The van der Waals surface area contributed by atoms with Gasteiger partial charge in [-0.05, 0) is 98.7 Å². The molecule has 1 aliphatic heterocycles. The molecule has 3 aromatic carbocycles. The second kappa shape index (κ2) is 24.3. The number of nitrogens with two attached hydrogens (primary N) is 3. The molecule has 7 N–H and O–H groups in total. The number of nitrogens with one attached hydrogen (secondary N) is 1. The van der Waals surface area contributed by atoms with Crippen molar-refractivity contribution in [2.75, 3.05) is 39.9 Å². The monoisotopic (exact) mass is 899 g/mol. The molecule has 4 bridgehead atoms. The van der Waals surface area contributed by atoms with Gasteiger partial charge in [0.05, 0.1) is 17.8 Å². The van der Waals surface area contributed by atoms with Crippen molar-refractivity contribution >= 4 is 29.2 Å². The van der Waals surface area contributed by atoms with Gasteiger partial charge in [-0.3, -0.25) is 29.0 Å². The number of ether oxygens (including phenoxy) is 2. The van der Waals surface area contributed by atoms with Gasteiger partial charge in [0, 0.05) is 85.6 Å². The average molecular weight is 900 g/mol. The maximum Gasteiger partial charge on any atom is 0.226 e. The summed E-state index contributed by atoms with van der Waals surface area (Å²) in [6, 6.07) is 20.5. The molecule has 66 heavy (non-hydrogen) atoms. The number of ketones is 3. The minimum absolute atomic E-state index is 0.0274. The fourth-order valence-electron chi connectivity index (χ4n) is 8.59. The van der Waals surface area contributed by atoms with E-state index < -0.39 is 41.5 Å². The summed E-state index contributed by atoms with van der Waals surface area (Å²) in [4.78, 5) is 77.3. The first-order chi connectivity index (χ1) is 31.7. The van der Waals surface area contributed by atoms with E-state index in [1.54, 1.807) is 44.2 Å². The molecule has 0 radical (unpaired) electrons. The van der Waals surface area contributed by atoms with E-state index in [-0.39, 0.29) is 82.9 Å². The molecule has 5 rings (SSSR count). The number of rotatable bonds is 20. The van der Waals surface area contributed by atoms with E-state index in [0.717, 1.165) is 36.1 Å². The first-order valence-corrected chi connectivity index (χ1v) is 23.0. The lowest BCUT2D eigenvalue weighted by Gasteiger charge is -2.32. The highest BCUT2D eigenvalue weighted by atomic mass is 16.5. The van der Waals surface area contributed by atoms with Crippen LogP contribution in [0.25, 0.3) is 22.4 Å². The highest BCUT2D eigenvalue weighted by Crippen LogP contribution is 2.41. The molecule has 0 unspecified atom stereocenters. The molecule has 2 heterocycles. The number of carbonyl (C=O) groups excluding carboxylic acids is 5. The minimum atomic E-state index is -1.23. The van der Waals surface area contributed by atoms with E-state index in [4.69, 9.17) is 31.7 Å². The minimum Gasteiger partial charge on any atom is -0.492 e. The van der Waals surface area contributed by atoms with Crippen LogP contribution in [0.2, 0.25) is 0 Å². The standard InChI is InChI=1S/C52H65N7O7/c1-6-7-9-35-11-14-37(15-12-35)42-26-32(2)49(34(4)57-42)45(61)31-39(19-21-54)52(64)59(5)50-38-16-18-48(66-25-23-56)41(30-38)40-28-36(13-17-47(40)65-24-22-55)29-43(44(60)10-8-20-53)58-51(63)33(3)27-46(50)62/h11-18,26,28,30,33,39,43,50H,6-10,19,21-25,27,29,31,54-56H2,1-5H3,(H,58,63)/t33-,39-,43+,50+/m1/s1. The highest BCUT2D eigenvalue weighted by Gasteiger charge is 2.36. The van der Waals surface area contributed by atoms with Crippen LogP contribution in [-0.2, 0) is 32.0 Å². The van der Waals surface area contributed by atoms with Gasteiger partial charge in [-0.25, -0.2) is 0 Å². The summed E-state index contributed by atoms with van der Waals surface area (Å²) in [6.45, 7) is 8.31. The number of carbonyl (C=O) groups is 5. The number of Topliss-reactive ketones (excluding diaryl/α,β-unsaturated/α-hetero) is 3. The van der Waals surface area contributed by atoms with Crippen molar-refractivity contribution in [3.8, 4) is 40.0 Å². The van der Waals surface area contributed by atoms with Gasteiger partial charge < -0.3 is 36.9 Å². The third-order valence-corrected chi connectivity index (χ3v) is 12.1. The van der Waals surface area contributed by atoms with Crippen LogP contribution in [-0.4, -0.2) is 85.0 Å². The lowest BCUT2D eigenvalue weighted by molar-refractivity contribution is -0.142. The largest absolute Gasteiger partial charge is 0.492 e. The zero-order valence-corrected chi connectivity index (χ0v) is 39.0. The molecule has 4 aromatic rings. The van der Waals surface area contributed by atoms with Crippen LogP contribution in [0.5, 0.6) is 11.5 Å². The van der Waals surface area contributed by atoms with Gasteiger partial charge in [-0.1, -0.05) is 56.7 Å². The van der Waals surface area contributed by atoms with Gasteiger partial charge in [0.2, 0.25) is 11.8 Å². The molecule has 14 nitrogen and oxygen atoms in total. The van der Waals surface area contributed by atoms with E-state index in [2.05, 4.69) is 24.4 Å². The van der Waals surface area contributed by atoms with Crippen LogP contribution in [0, 0.1) is 37.0 Å². The number of aromatic nitrogens is 1. The van der Waals surface area contributed by atoms with Crippen molar-refractivity contribution in [3.05, 3.63) is 100 Å². The van der Waals surface area contributed by atoms with Crippen molar-refractivity contribution in [1.82, 2.24) is 15.2 Å². The van der Waals surface area contributed by atoms with Crippen LogP contribution in [0.15, 0.2) is 66.7 Å². The lowest BCUT2D eigenvalue weighted by Crippen LogP contribution is -2.46. The second-order valence-electron chi connectivity index (χ2n) is 17.2. The van der Waals surface area contributed by atoms with Gasteiger partial charge in [0.25, 0.3) is 0 Å². The van der Waals surface area contributed by atoms with E-state index in [0.29, 0.717) is 45.0 Å². The number of nitrogens with zero attached hydrogens (tertiary/aromatic N) is 3. The smallest absolute Gasteiger partial charge is 0.226 e. The molecule has 1 aromatic heterocycles. The molecular weight excluding hydrogens is 835 g/mol. The molecule has 0 aliphatic carbocycles. The number of amides is 2. The van der Waals surface area contributed by atoms with E-state index in [1.165, 1.54) is 17.5 Å². The number of pyridine rings is 1. The molecule has 14 heteroatoms. The first-order valence-electron chi connectivity index (χ1n) is 23.0. The van der Waals surface area contributed by atoms with Crippen LogP contribution in [0.1, 0.15) is 103 Å². The predicted octanol–water partition coefficient (Wildman–Crippen LogP) is 6.30. The maximum absolute atomic E-state index is 14.8. The summed E-state index contributed by atoms with van der Waals surface area (Å²) in [5.41, 5.74) is 24.7. The molecule has 0 saturated carbocycles. The summed E-state index contributed by atoms with van der Waals surface area (Å²) in [5, 5.41) is 12.1. The van der Waals surface area contributed by atoms with Crippen LogP contribution in [0.4, 0.5) is 0 Å². The third-order valence-electron chi connectivity index (χ3n) is 12.1. The zero-order valence-electron chi connectivity index (χ0n) is 39.0. The Labute approximate surface area is 388 Å². The Morgan fingerprint density at radius 1 is 0.909 bits per heavy atom. The Balaban J connectivity index is 1.56. The fraction of sp³-hybridized carbons (Fsp3) is 0.442. The average Bonchev–Trinajstić information content (AvgIpc) is 3.30. The number of aryl methyl sites for hydroxylation is 3. The molecule has 0 saturated heterocycles. The number of benzene rings is 3. The molecular formula is C52H65N7O7. The summed E-state index contributed by atoms with van der Waals surface area (Å²) in [7, 11) is 1.52. The molecule has 350 valence electrons. The van der Waals surface area contributed by atoms with Crippen molar-refractivity contribution < 1.29 is 33.4 Å². The SMILES string of the molecule is CCCCc1ccc(-c2cc(C)c(C(=O)C[C@@H](CCN)C(=O)N(C)[C@@H]3C(=O)C[C@@H](C)C(=O)N[C@H](C(=O)CCC#N)Cc4ccc(OCCN)c(c4)-c4cc3ccc4OCCN)c(C)n2)cc1.